The first-order chi connectivity index (χ1) is 10.6. The van der Waals surface area contributed by atoms with Gasteiger partial charge in [0.1, 0.15) is 6.29 Å². The van der Waals surface area contributed by atoms with Crippen LogP contribution in [-0.2, 0) is 9.59 Å². The molecule has 22 heavy (non-hydrogen) atoms. The number of aldehydes is 1. The summed E-state index contributed by atoms with van der Waals surface area (Å²) in [5, 5.41) is 0. The van der Waals surface area contributed by atoms with Crippen molar-refractivity contribution in [2.24, 2.45) is 11.8 Å². The number of nitrogens with two attached hydrogens (primary N) is 1. The number of carbonyl (C=O) groups excluding carboxylic acids is 2. The van der Waals surface area contributed by atoms with Gasteiger partial charge in [0.25, 0.3) is 5.91 Å². The van der Waals surface area contributed by atoms with Gasteiger partial charge in [-0.1, -0.05) is 51.5 Å². The molecule has 1 amide bonds. The zero-order chi connectivity index (χ0) is 16.8. The van der Waals surface area contributed by atoms with E-state index >= 15 is 0 Å². The number of unbranched alkanes of at least 4 members (excludes halogenated alkanes) is 7. The molecule has 0 aromatic carbocycles. The predicted molar refractivity (Wildman–Crippen MR) is 92.1 cm³/mol. The zero-order valence-corrected chi connectivity index (χ0v) is 14.6. The third-order valence-electron chi connectivity index (χ3n) is 4.48. The molecule has 1 unspecified atom stereocenters. The smallest absolute Gasteiger partial charge is 0.261 e. The summed E-state index contributed by atoms with van der Waals surface area (Å²) in [6.07, 6.45) is 11.5. The van der Waals surface area contributed by atoms with E-state index in [2.05, 4.69) is 19.3 Å². The number of nitrogens with one attached hydrogen (secondary N) is 1. The third-order valence-corrected chi connectivity index (χ3v) is 4.48. The van der Waals surface area contributed by atoms with Crippen molar-refractivity contribution in [3.05, 3.63) is 11.1 Å². The minimum Gasteiger partial charge on any atom is -0.303 e. The molecule has 0 bridgehead atoms. The van der Waals surface area contributed by atoms with Gasteiger partial charge in [-0.3, -0.25) is 10.2 Å². The number of allylic oxidation sites excluding steroid dienone is 1. The maximum absolute atomic E-state index is 11.9. The maximum Gasteiger partial charge on any atom is 0.261 e. The lowest BCUT2D eigenvalue weighted by atomic mass is 9.91. The van der Waals surface area contributed by atoms with Crippen LogP contribution in [0.5, 0.6) is 0 Å². The predicted octanol–water partition coefficient (Wildman–Crippen LogP) is 4.05. The van der Waals surface area contributed by atoms with Crippen molar-refractivity contribution in [2.75, 3.05) is 0 Å². The Morgan fingerprint density at radius 1 is 1.09 bits per heavy atom. The molecule has 0 aromatic heterocycles. The van der Waals surface area contributed by atoms with Crippen LogP contribution in [-0.4, -0.2) is 12.2 Å². The third kappa shape index (κ3) is 8.98. The molecule has 0 spiro atoms. The SMILES string of the molecule is CCC(C)C(C)=C(CCCCCCCCCC=O)C(=O)NN. The van der Waals surface area contributed by atoms with Gasteiger partial charge in [-0.05, 0) is 38.5 Å². The van der Waals surface area contributed by atoms with Gasteiger partial charge in [-0.25, -0.2) is 5.84 Å². The van der Waals surface area contributed by atoms with E-state index < -0.39 is 0 Å². The lowest BCUT2D eigenvalue weighted by Crippen LogP contribution is -2.32. The van der Waals surface area contributed by atoms with Crippen molar-refractivity contribution in [3.8, 4) is 0 Å². The summed E-state index contributed by atoms with van der Waals surface area (Å²) in [4.78, 5) is 22.1. The minimum atomic E-state index is -0.133. The van der Waals surface area contributed by atoms with Crippen molar-refractivity contribution in [1.29, 1.82) is 0 Å². The summed E-state index contributed by atoms with van der Waals surface area (Å²) in [7, 11) is 0. The summed E-state index contributed by atoms with van der Waals surface area (Å²) < 4.78 is 0. The van der Waals surface area contributed by atoms with Crippen molar-refractivity contribution < 1.29 is 9.59 Å². The topological polar surface area (TPSA) is 72.2 Å². The van der Waals surface area contributed by atoms with Gasteiger partial charge in [0.05, 0.1) is 0 Å². The van der Waals surface area contributed by atoms with Crippen LogP contribution in [0.4, 0.5) is 0 Å². The minimum absolute atomic E-state index is 0.133. The standard InChI is InChI=1S/C18H34N2O2/c1-4-15(2)16(3)17(18(22)20-19)13-11-9-7-5-6-8-10-12-14-21/h14-15H,4-13,19H2,1-3H3,(H,20,22). The van der Waals surface area contributed by atoms with Crippen molar-refractivity contribution >= 4 is 12.2 Å². The van der Waals surface area contributed by atoms with E-state index in [1.165, 1.54) is 24.8 Å². The molecule has 0 radical (unpaired) electrons. The van der Waals surface area contributed by atoms with E-state index in [9.17, 15) is 9.59 Å². The molecule has 0 heterocycles. The number of hydrazine groups is 1. The van der Waals surface area contributed by atoms with E-state index in [-0.39, 0.29) is 5.91 Å². The Labute approximate surface area is 135 Å². The highest BCUT2D eigenvalue weighted by atomic mass is 16.2. The first kappa shape index (κ1) is 20.8. The number of hydrogen-bond donors (Lipinski definition) is 2. The highest BCUT2D eigenvalue weighted by Crippen LogP contribution is 2.22. The first-order valence-corrected chi connectivity index (χ1v) is 8.72. The van der Waals surface area contributed by atoms with E-state index in [1.54, 1.807) is 0 Å². The second kappa shape index (κ2) is 13.5. The Bertz CT molecular complexity index is 351. The van der Waals surface area contributed by atoms with Gasteiger partial charge in [0.2, 0.25) is 0 Å². The number of hydrogen-bond acceptors (Lipinski definition) is 3. The molecule has 0 aromatic rings. The Morgan fingerprint density at radius 2 is 1.64 bits per heavy atom. The van der Waals surface area contributed by atoms with E-state index in [1.807, 2.05) is 6.92 Å². The van der Waals surface area contributed by atoms with Crippen molar-refractivity contribution in [1.82, 2.24) is 5.43 Å². The highest BCUT2D eigenvalue weighted by molar-refractivity contribution is 5.93. The molecule has 1 atom stereocenters. The number of carbonyl (C=O) groups is 2. The normalized spacial score (nSPS) is 13.5. The van der Waals surface area contributed by atoms with Crippen LogP contribution < -0.4 is 11.3 Å². The fourth-order valence-corrected chi connectivity index (χ4v) is 2.59. The molecule has 0 aliphatic carbocycles. The first-order valence-electron chi connectivity index (χ1n) is 8.72. The van der Waals surface area contributed by atoms with Crippen LogP contribution in [0.2, 0.25) is 0 Å². The molecule has 128 valence electrons. The molecule has 0 aliphatic rings. The van der Waals surface area contributed by atoms with E-state index in [0.29, 0.717) is 12.3 Å². The molecular formula is C18H34N2O2. The summed E-state index contributed by atoms with van der Waals surface area (Å²) in [6, 6.07) is 0. The molecular weight excluding hydrogens is 276 g/mol. The largest absolute Gasteiger partial charge is 0.303 e. The second-order valence-electron chi connectivity index (χ2n) is 6.12. The lowest BCUT2D eigenvalue weighted by Gasteiger charge is -2.16. The quantitative estimate of drug-likeness (QED) is 0.135. The highest BCUT2D eigenvalue weighted by Gasteiger charge is 2.14. The van der Waals surface area contributed by atoms with Gasteiger partial charge in [-0.15, -0.1) is 0 Å². The van der Waals surface area contributed by atoms with Crippen LogP contribution in [0.15, 0.2) is 11.1 Å². The average Bonchev–Trinajstić information content (AvgIpc) is 2.54. The van der Waals surface area contributed by atoms with Gasteiger partial charge < -0.3 is 4.79 Å². The molecule has 4 nitrogen and oxygen atoms in total. The monoisotopic (exact) mass is 310 g/mol. The summed E-state index contributed by atoms with van der Waals surface area (Å²) in [6.45, 7) is 6.33. The lowest BCUT2D eigenvalue weighted by molar-refractivity contribution is -0.117. The van der Waals surface area contributed by atoms with Gasteiger partial charge in [0.15, 0.2) is 0 Å². The van der Waals surface area contributed by atoms with Crippen LogP contribution >= 0.6 is 0 Å². The van der Waals surface area contributed by atoms with Gasteiger partial charge in [0, 0.05) is 12.0 Å². The fourth-order valence-electron chi connectivity index (χ4n) is 2.59. The van der Waals surface area contributed by atoms with Crippen LogP contribution in [0.1, 0.15) is 85.0 Å². The molecule has 0 fully saturated rings. The summed E-state index contributed by atoms with van der Waals surface area (Å²) >= 11 is 0. The molecule has 3 N–H and O–H groups in total. The summed E-state index contributed by atoms with van der Waals surface area (Å²) in [5.41, 5.74) is 4.31. The van der Waals surface area contributed by atoms with Crippen LogP contribution in [0.25, 0.3) is 0 Å². The van der Waals surface area contributed by atoms with Crippen LogP contribution in [0.3, 0.4) is 0 Å². The van der Waals surface area contributed by atoms with Crippen molar-refractivity contribution in [3.63, 3.8) is 0 Å². The Balaban J connectivity index is 4.06. The Morgan fingerprint density at radius 3 is 2.14 bits per heavy atom. The van der Waals surface area contributed by atoms with Gasteiger partial charge >= 0.3 is 0 Å². The average molecular weight is 310 g/mol. The Kier molecular flexibility index (Phi) is 12.8. The van der Waals surface area contributed by atoms with Crippen molar-refractivity contribution in [2.45, 2.75) is 85.0 Å². The van der Waals surface area contributed by atoms with Gasteiger partial charge in [-0.2, -0.15) is 0 Å². The fraction of sp³-hybridized carbons (Fsp3) is 0.778. The van der Waals surface area contributed by atoms with E-state index in [4.69, 9.17) is 5.84 Å². The van der Waals surface area contributed by atoms with E-state index in [0.717, 1.165) is 50.4 Å². The second-order valence-corrected chi connectivity index (χ2v) is 6.12. The molecule has 0 saturated heterocycles. The van der Waals surface area contributed by atoms with Crippen LogP contribution in [0, 0.1) is 5.92 Å². The number of amides is 1. The zero-order valence-electron chi connectivity index (χ0n) is 14.6. The Hall–Kier alpha value is -1.16. The molecule has 0 rings (SSSR count). The molecule has 4 heteroatoms. The number of rotatable bonds is 13. The maximum atomic E-state index is 11.9. The summed E-state index contributed by atoms with van der Waals surface area (Å²) in [5.74, 6) is 5.59. The molecule has 0 aliphatic heterocycles. The molecule has 0 saturated carbocycles.